The Kier molecular flexibility index (Phi) is 3.17. The van der Waals surface area contributed by atoms with Crippen LogP contribution < -0.4 is 10.6 Å². The van der Waals surface area contributed by atoms with Gasteiger partial charge in [-0.05, 0) is 25.2 Å². The second kappa shape index (κ2) is 4.47. The highest BCUT2D eigenvalue weighted by Gasteiger charge is 2.55. The number of amides is 4. The Labute approximate surface area is 100 Å². The first kappa shape index (κ1) is 12.1. The third kappa shape index (κ3) is 1.83. The van der Waals surface area contributed by atoms with Crippen LogP contribution in [-0.4, -0.2) is 17.8 Å². The van der Waals surface area contributed by atoms with Crippen molar-refractivity contribution >= 4 is 17.8 Å². The van der Waals surface area contributed by atoms with Gasteiger partial charge in [-0.25, -0.2) is 4.79 Å². The molecule has 1 saturated heterocycles. The average molecular weight is 238 g/mol. The van der Waals surface area contributed by atoms with E-state index in [9.17, 15) is 14.4 Å². The number of carbonyl (C=O) groups is 3. The highest BCUT2D eigenvalue weighted by molar-refractivity contribution is 6.19. The summed E-state index contributed by atoms with van der Waals surface area (Å²) < 4.78 is 0. The fourth-order valence-electron chi connectivity index (χ4n) is 3.15. The summed E-state index contributed by atoms with van der Waals surface area (Å²) >= 11 is 0. The number of barbiturate groups is 1. The molecule has 4 amide bonds. The van der Waals surface area contributed by atoms with Gasteiger partial charge >= 0.3 is 6.03 Å². The van der Waals surface area contributed by atoms with E-state index in [0.717, 1.165) is 32.1 Å². The molecular weight excluding hydrogens is 220 g/mol. The van der Waals surface area contributed by atoms with Crippen LogP contribution >= 0.6 is 0 Å². The third-order valence-electron chi connectivity index (χ3n) is 3.97. The zero-order chi connectivity index (χ0) is 12.5. The number of carbonyl (C=O) groups excluding carboxylic acids is 3. The first-order valence-electron chi connectivity index (χ1n) is 6.28. The molecule has 1 heterocycles. The van der Waals surface area contributed by atoms with E-state index < -0.39 is 23.3 Å². The molecule has 0 aromatic rings. The van der Waals surface area contributed by atoms with Crippen molar-refractivity contribution < 1.29 is 14.4 Å². The lowest BCUT2D eigenvalue weighted by molar-refractivity contribution is -0.151. The number of imide groups is 2. The molecule has 2 N–H and O–H groups in total. The summed E-state index contributed by atoms with van der Waals surface area (Å²) in [6, 6.07) is -0.688. The Morgan fingerprint density at radius 1 is 1.18 bits per heavy atom. The van der Waals surface area contributed by atoms with Crippen LogP contribution in [-0.2, 0) is 9.59 Å². The Morgan fingerprint density at radius 3 is 2.41 bits per heavy atom. The first-order valence-corrected chi connectivity index (χ1v) is 6.28. The summed E-state index contributed by atoms with van der Waals surface area (Å²) in [6.45, 7) is 2.05. The van der Waals surface area contributed by atoms with Gasteiger partial charge in [-0.3, -0.25) is 20.2 Å². The number of urea groups is 1. The van der Waals surface area contributed by atoms with Gasteiger partial charge in [0.05, 0.1) is 0 Å². The fourth-order valence-corrected chi connectivity index (χ4v) is 3.15. The summed E-state index contributed by atoms with van der Waals surface area (Å²) in [5.41, 5.74) is -0.998. The lowest BCUT2D eigenvalue weighted by atomic mass is 9.63. The monoisotopic (exact) mass is 238 g/mol. The Balaban J connectivity index is 2.32. The molecule has 2 rings (SSSR count). The van der Waals surface area contributed by atoms with E-state index in [4.69, 9.17) is 0 Å². The van der Waals surface area contributed by atoms with Crippen molar-refractivity contribution in [3.05, 3.63) is 0 Å². The van der Waals surface area contributed by atoms with Gasteiger partial charge in [0.2, 0.25) is 11.8 Å². The second-order valence-electron chi connectivity index (χ2n) is 4.94. The van der Waals surface area contributed by atoms with Gasteiger partial charge in [0, 0.05) is 0 Å². The number of hydrogen-bond acceptors (Lipinski definition) is 3. The fraction of sp³-hybridized carbons (Fsp3) is 0.750. The molecule has 1 aliphatic carbocycles. The molecule has 94 valence electrons. The van der Waals surface area contributed by atoms with Gasteiger partial charge in [0.15, 0.2) is 0 Å². The van der Waals surface area contributed by atoms with Crippen molar-refractivity contribution in [2.24, 2.45) is 11.3 Å². The van der Waals surface area contributed by atoms with Crippen molar-refractivity contribution in [1.29, 1.82) is 0 Å². The first-order chi connectivity index (χ1) is 8.11. The van der Waals surface area contributed by atoms with Crippen molar-refractivity contribution in [3.8, 4) is 0 Å². The van der Waals surface area contributed by atoms with E-state index in [1.54, 1.807) is 0 Å². The van der Waals surface area contributed by atoms with Gasteiger partial charge in [0.25, 0.3) is 0 Å². The minimum atomic E-state index is -0.998. The summed E-state index contributed by atoms with van der Waals surface area (Å²) in [7, 11) is 0. The standard InChI is InChI=1S/C12H18N2O3/c1-2-5-8-6-3-4-7-12(8)9(15)13-11(17)14-10(12)16/h8H,2-7H2,1H3,(H2,13,14,15,16,17). The molecule has 0 bridgehead atoms. The third-order valence-corrected chi connectivity index (χ3v) is 3.97. The van der Waals surface area contributed by atoms with Crippen molar-refractivity contribution in [3.63, 3.8) is 0 Å². The van der Waals surface area contributed by atoms with Crippen molar-refractivity contribution in [2.75, 3.05) is 0 Å². The zero-order valence-electron chi connectivity index (χ0n) is 10.0. The van der Waals surface area contributed by atoms with E-state index in [1.807, 2.05) is 6.92 Å². The minimum Gasteiger partial charge on any atom is -0.277 e. The molecule has 1 atom stereocenters. The summed E-state index contributed by atoms with van der Waals surface area (Å²) in [5.74, 6) is -0.733. The largest absolute Gasteiger partial charge is 0.328 e. The van der Waals surface area contributed by atoms with Crippen LogP contribution in [0.2, 0.25) is 0 Å². The topological polar surface area (TPSA) is 75.3 Å². The molecule has 0 radical (unpaired) electrons. The molecule has 1 spiro atoms. The summed E-state index contributed by atoms with van der Waals surface area (Å²) in [4.78, 5) is 35.3. The van der Waals surface area contributed by atoms with Crippen LogP contribution in [0.25, 0.3) is 0 Å². The maximum atomic E-state index is 12.1. The molecule has 1 unspecified atom stereocenters. The smallest absolute Gasteiger partial charge is 0.277 e. The zero-order valence-corrected chi connectivity index (χ0v) is 10.0. The van der Waals surface area contributed by atoms with Gasteiger partial charge in [-0.15, -0.1) is 0 Å². The van der Waals surface area contributed by atoms with Gasteiger partial charge < -0.3 is 0 Å². The summed E-state index contributed by atoms with van der Waals surface area (Å²) in [6.07, 6.45) is 5.18. The van der Waals surface area contributed by atoms with E-state index in [1.165, 1.54) is 0 Å². The molecular formula is C12H18N2O3. The highest BCUT2D eigenvalue weighted by Crippen LogP contribution is 2.45. The second-order valence-corrected chi connectivity index (χ2v) is 4.94. The van der Waals surface area contributed by atoms with Crippen LogP contribution in [0.5, 0.6) is 0 Å². The van der Waals surface area contributed by atoms with E-state index >= 15 is 0 Å². The minimum absolute atomic E-state index is 0.0642. The molecule has 2 aliphatic rings. The molecule has 5 nitrogen and oxygen atoms in total. The van der Waals surface area contributed by atoms with E-state index in [0.29, 0.717) is 6.42 Å². The molecule has 17 heavy (non-hydrogen) atoms. The quantitative estimate of drug-likeness (QED) is 0.713. The molecule has 2 fully saturated rings. The Hall–Kier alpha value is -1.39. The average Bonchev–Trinajstić information content (AvgIpc) is 2.28. The van der Waals surface area contributed by atoms with Crippen LogP contribution in [0.3, 0.4) is 0 Å². The SMILES string of the molecule is CCCC1CCCCC12C(=O)NC(=O)NC2=O. The molecule has 5 heteroatoms. The van der Waals surface area contributed by atoms with Crippen LogP contribution in [0.15, 0.2) is 0 Å². The van der Waals surface area contributed by atoms with E-state index in [-0.39, 0.29) is 5.92 Å². The lowest BCUT2D eigenvalue weighted by Crippen LogP contribution is -2.65. The van der Waals surface area contributed by atoms with Crippen LogP contribution in [0.1, 0.15) is 45.4 Å². The molecule has 1 saturated carbocycles. The van der Waals surface area contributed by atoms with Gasteiger partial charge in [-0.2, -0.15) is 0 Å². The maximum Gasteiger partial charge on any atom is 0.328 e. The van der Waals surface area contributed by atoms with Crippen molar-refractivity contribution in [1.82, 2.24) is 10.6 Å². The Bertz CT molecular complexity index is 343. The number of rotatable bonds is 2. The lowest BCUT2D eigenvalue weighted by Gasteiger charge is -2.43. The predicted octanol–water partition coefficient (Wildman–Crippen LogP) is 1.33. The maximum absolute atomic E-state index is 12.1. The van der Waals surface area contributed by atoms with Gasteiger partial charge in [0.1, 0.15) is 5.41 Å². The predicted molar refractivity (Wildman–Crippen MR) is 61.0 cm³/mol. The Morgan fingerprint density at radius 2 is 1.82 bits per heavy atom. The summed E-state index contributed by atoms with van der Waals surface area (Å²) in [5, 5.41) is 4.50. The number of nitrogens with one attached hydrogen (secondary N) is 2. The van der Waals surface area contributed by atoms with Crippen molar-refractivity contribution in [2.45, 2.75) is 45.4 Å². The number of hydrogen-bond donors (Lipinski definition) is 2. The highest BCUT2D eigenvalue weighted by atomic mass is 16.2. The normalized spacial score (nSPS) is 27.8. The van der Waals surface area contributed by atoms with Gasteiger partial charge in [-0.1, -0.05) is 26.2 Å². The van der Waals surface area contributed by atoms with Crippen LogP contribution in [0, 0.1) is 11.3 Å². The molecule has 0 aromatic heterocycles. The molecule has 0 aromatic carbocycles. The van der Waals surface area contributed by atoms with E-state index in [2.05, 4.69) is 10.6 Å². The van der Waals surface area contributed by atoms with Crippen LogP contribution in [0.4, 0.5) is 4.79 Å². The molecule has 1 aliphatic heterocycles.